The Bertz CT molecular complexity index is 927. The van der Waals surface area contributed by atoms with Crippen LogP contribution >= 0.6 is 34.9 Å². The third kappa shape index (κ3) is 5.98. The Hall–Kier alpha value is -2.03. The second-order valence-corrected chi connectivity index (χ2v) is 9.73. The van der Waals surface area contributed by atoms with Gasteiger partial charge in [-0.15, -0.1) is 10.2 Å². The number of ether oxygens (including phenoxy) is 2. The van der Waals surface area contributed by atoms with E-state index in [0.29, 0.717) is 5.56 Å². The Morgan fingerprint density at radius 1 is 0.966 bits per heavy atom. The number of aromatic nitrogens is 2. The third-order valence-corrected chi connectivity index (χ3v) is 7.77. The molecule has 3 aromatic rings. The molecule has 1 aromatic heterocycles. The molecule has 5 nitrogen and oxygen atoms in total. The van der Waals surface area contributed by atoms with Crippen LogP contribution in [0.15, 0.2) is 57.2 Å². The van der Waals surface area contributed by atoms with Crippen LogP contribution in [-0.2, 0) is 5.75 Å². The number of carbonyl (C=O) groups is 1. The zero-order valence-corrected chi connectivity index (χ0v) is 18.9. The Labute approximate surface area is 183 Å². The first-order valence-corrected chi connectivity index (χ1v) is 11.7. The summed E-state index contributed by atoms with van der Waals surface area (Å²) < 4.78 is 12.1. The molecule has 1 unspecified atom stereocenters. The summed E-state index contributed by atoms with van der Waals surface area (Å²) >= 11 is 4.66. The van der Waals surface area contributed by atoms with Crippen LogP contribution in [0.4, 0.5) is 0 Å². The van der Waals surface area contributed by atoms with E-state index >= 15 is 0 Å². The van der Waals surface area contributed by atoms with Gasteiger partial charge in [-0.2, -0.15) is 0 Å². The molecule has 0 bridgehead atoms. The number of rotatable bonds is 10. The van der Waals surface area contributed by atoms with Crippen LogP contribution in [-0.4, -0.2) is 35.5 Å². The summed E-state index contributed by atoms with van der Waals surface area (Å²) in [4.78, 5) is 12.8. The SMILES string of the molecule is CCC(Sc1nnc(SCc2ccc(OC)cc2)s1)C(=O)c1ccc(OC)cc1. The summed E-state index contributed by atoms with van der Waals surface area (Å²) in [5, 5.41) is 8.35. The van der Waals surface area contributed by atoms with Crippen molar-refractivity contribution >= 4 is 40.6 Å². The minimum absolute atomic E-state index is 0.0998. The first kappa shape index (κ1) is 21.7. The fourth-order valence-electron chi connectivity index (χ4n) is 2.56. The van der Waals surface area contributed by atoms with Crippen molar-refractivity contribution in [2.45, 2.75) is 33.0 Å². The van der Waals surface area contributed by atoms with Gasteiger partial charge in [0.2, 0.25) is 0 Å². The number of nitrogens with zero attached hydrogens (tertiary/aromatic N) is 2. The lowest BCUT2D eigenvalue weighted by molar-refractivity contribution is 0.0988. The maximum atomic E-state index is 12.8. The molecule has 0 amide bonds. The number of hydrogen-bond acceptors (Lipinski definition) is 8. The van der Waals surface area contributed by atoms with Crippen molar-refractivity contribution in [3.8, 4) is 11.5 Å². The quantitative estimate of drug-likeness (QED) is 0.297. The van der Waals surface area contributed by atoms with E-state index in [1.54, 1.807) is 38.1 Å². The number of hydrogen-bond donors (Lipinski definition) is 0. The van der Waals surface area contributed by atoms with Gasteiger partial charge in [0.1, 0.15) is 11.5 Å². The predicted molar refractivity (Wildman–Crippen MR) is 120 cm³/mol. The number of ketones is 1. The van der Waals surface area contributed by atoms with Gasteiger partial charge in [-0.1, -0.05) is 53.9 Å². The first-order valence-electron chi connectivity index (χ1n) is 9.07. The Morgan fingerprint density at radius 2 is 1.55 bits per heavy atom. The molecule has 0 saturated carbocycles. The van der Waals surface area contributed by atoms with Gasteiger partial charge in [-0.25, -0.2) is 0 Å². The molecule has 0 aliphatic rings. The minimum Gasteiger partial charge on any atom is -0.497 e. The van der Waals surface area contributed by atoms with E-state index in [9.17, 15) is 4.79 Å². The monoisotopic (exact) mass is 446 g/mol. The zero-order chi connectivity index (χ0) is 20.6. The van der Waals surface area contributed by atoms with E-state index in [1.807, 2.05) is 43.3 Å². The topological polar surface area (TPSA) is 61.3 Å². The summed E-state index contributed by atoms with van der Waals surface area (Å²) in [5.41, 5.74) is 1.88. The van der Waals surface area contributed by atoms with Crippen molar-refractivity contribution in [2.24, 2.45) is 0 Å². The lowest BCUT2D eigenvalue weighted by Crippen LogP contribution is -2.16. The fraction of sp³-hybridized carbons (Fsp3) is 0.286. The predicted octanol–water partition coefficient (Wildman–Crippen LogP) is 5.60. The largest absolute Gasteiger partial charge is 0.497 e. The molecule has 8 heteroatoms. The summed E-state index contributed by atoms with van der Waals surface area (Å²) in [6.07, 6.45) is 0.726. The van der Waals surface area contributed by atoms with Gasteiger partial charge in [0.05, 0.1) is 19.5 Å². The number of methoxy groups -OCH3 is 2. The molecule has 3 rings (SSSR count). The van der Waals surface area contributed by atoms with Crippen molar-refractivity contribution in [3.05, 3.63) is 59.7 Å². The van der Waals surface area contributed by atoms with E-state index in [2.05, 4.69) is 10.2 Å². The molecule has 1 atom stereocenters. The van der Waals surface area contributed by atoms with Gasteiger partial charge in [0, 0.05) is 11.3 Å². The molecular formula is C21H22N2O3S3. The normalized spacial score (nSPS) is 11.8. The number of thioether (sulfide) groups is 2. The van der Waals surface area contributed by atoms with Gasteiger partial charge in [0.15, 0.2) is 14.5 Å². The van der Waals surface area contributed by atoms with Crippen LogP contribution in [0.3, 0.4) is 0 Å². The summed E-state index contributed by atoms with van der Waals surface area (Å²) in [5.74, 6) is 2.50. The Kier molecular flexibility index (Phi) is 7.97. The van der Waals surface area contributed by atoms with E-state index in [4.69, 9.17) is 9.47 Å². The van der Waals surface area contributed by atoms with Gasteiger partial charge in [0.25, 0.3) is 0 Å². The van der Waals surface area contributed by atoms with Crippen molar-refractivity contribution in [2.75, 3.05) is 14.2 Å². The molecule has 0 spiro atoms. The van der Waals surface area contributed by atoms with Crippen LogP contribution in [0.5, 0.6) is 11.5 Å². The highest BCUT2D eigenvalue weighted by Gasteiger charge is 2.21. The van der Waals surface area contributed by atoms with Gasteiger partial charge >= 0.3 is 0 Å². The number of benzene rings is 2. The molecular weight excluding hydrogens is 424 g/mol. The maximum absolute atomic E-state index is 12.8. The lowest BCUT2D eigenvalue weighted by atomic mass is 10.1. The molecule has 0 N–H and O–H groups in total. The summed E-state index contributed by atoms with van der Waals surface area (Å²) in [6, 6.07) is 15.2. The average molecular weight is 447 g/mol. The molecule has 1 heterocycles. The highest BCUT2D eigenvalue weighted by atomic mass is 32.2. The maximum Gasteiger partial charge on any atom is 0.176 e. The number of carbonyl (C=O) groups excluding carboxylic acids is 1. The molecule has 0 saturated heterocycles. The van der Waals surface area contributed by atoms with Crippen LogP contribution in [0.2, 0.25) is 0 Å². The smallest absolute Gasteiger partial charge is 0.176 e. The molecule has 152 valence electrons. The average Bonchev–Trinajstić information content (AvgIpc) is 3.23. The molecule has 0 radical (unpaired) electrons. The molecule has 0 fully saturated rings. The van der Waals surface area contributed by atoms with E-state index in [-0.39, 0.29) is 11.0 Å². The molecule has 0 aliphatic heterocycles. The lowest BCUT2D eigenvalue weighted by Gasteiger charge is -2.11. The molecule has 2 aromatic carbocycles. The second kappa shape index (κ2) is 10.7. The van der Waals surface area contributed by atoms with E-state index in [0.717, 1.165) is 32.4 Å². The molecule has 0 aliphatic carbocycles. The number of Topliss-reactive ketones (excluding diaryl/α,β-unsaturated/α-hetero) is 1. The van der Waals surface area contributed by atoms with Crippen LogP contribution < -0.4 is 9.47 Å². The van der Waals surface area contributed by atoms with Crippen molar-refractivity contribution in [3.63, 3.8) is 0 Å². The Morgan fingerprint density at radius 3 is 2.14 bits per heavy atom. The van der Waals surface area contributed by atoms with Gasteiger partial charge < -0.3 is 9.47 Å². The zero-order valence-electron chi connectivity index (χ0n) is 16.5. The van der Waals surface area contributed by atoms with Crippen molar-refractivity contribution in [1.82, 2.24) is 10.2 Å². The van der Waals surface area contributed by atoms with E-state index in [1.165, 1.54) is 28.7 Å². The Balaban J connectivity index is 1.58. The van der Waals surface area contributed by atoms with Crippen LogP contribution in [0.1, 0.15) is 29.3 Å². The van der Waals surface area contributed by atoms with E-state index < -0.39 is 0 Å². The van der Waals surface area contributed by atoms with Gasteiger partial charge in [-0.05, 0) is 48.4 Å². The second-order valence-electron chi connectivity index (χ2n) is 6.08. The third-order valence-electron chi connectivity index (χ3n) is 4.19. The highest BCUT2D eigenvalue weighted by Crippen LogP contribution is 2.34. The standard InChI is InChI=1S/C21H22N2O3S3/c1-4-18(19(24)15-7-11-17(26-3)12-8-15)28-21-23-22-20(29-21)27-13-14-5-9-16(25-2)10-6-14/h5-12,18H,4,13H2,1-3H3. The van der Waals surface area contributed by atoms with Crippen molar-refractivity contribution < 1.29 is 14.3 Å². The van der Waals surface area contributed by atoms with Crippen LogP contribution in [0, 0.1) is 0 Å². The highest BCUT2D eigenvalue weighted by molar-refractivity contribution is 8.03. The summed E-state index contributed by atoms with van der Waals surface area (Å²) in [7, 11) is 3.27. The van der Waals surface area contributed by atoms with Crippen LogP contribution in [0.25, 0.3) is 0 Å². The minimum atomic E-state index is -0.184. The first-order chi connectivity index (χ1) is 14.1. The fourth-order valence-corrected chi connectivity index (χ4v) is 5.78. The van der Waals surface area contributed by atoms with Gasteiger partial charge in [-0.3, -0.25) is 4.79 Å². The summed E-state index contributed by atoms with van der Waals surface area (Å²) in [6.45, 7) is 2.01. The molecule has 29 heavy (non-hydrogen) atoms. The van der Waals surface area contributed by atoms with Crippen molar-refractivity contribution in [1.29, 1.82) is 0 Å².